The summed E-state index contributed by atoms with van der Waals surface area (Å²) in [6.07, 6.45) is 3.90. The standard InChI is InChI=1S/C13H24N4O/c1-5-14-8-12-9-16-13(10-15-12)17(4)6-7-18-11(2)3/h9-11,14H,5-8H2,1-4H3. The molecule has 5 nitrogen and oxygen atoms in total. The lowest BCUT2D eigenvalue weighted by atomic mass is 10.4. The molecule has 0 aliphatic rings. The van der Waals surface area contributed by atoms with Crippen LogP contribution < -0.4 is 10.2 Å². The van der Waals surface area contributed by atoms with Crippen LogP contribution in [0.5, 0.6) is 0 Å². The van der Waals surface area contributed by atoms with Crippen LogP contribution in [0, 0.1) is 0 Å². The number of hydrogen-bond donors (Lipinski definition) is 1. The van der Waals surface area contributed by atoms with Crippen molar-refractivity contribution >= 4 is 5.82 Å². The third-order valence-corrected chi connectivity index (χ3v) is 2.52. The van der Waals surface area contributed by atoms with Crippen LogP contribution in [-0.2, 0) is 11.3 Å². The van der Waals surface area contributed by atoms with Crippen molar-refractivity contribution in [2.24, 2.45) is 0 Å². The third-order valence-electron chi connectivity index (χ3n) is 2.52. The van der Waals surface area contributed by atoms with Gasteiger partial charge in [-0.2, -0.15) is 0 Å². The Morgan fingerprint density at radius 2 is 2.11 bits per heavy atom. The molecule has 0 fully saturated rings. The quantitative estimate of drug-likeness (QED) is 0.759. The van der Waals surface area contributed by atoms with E-state index in [0.717, 1.165) is 31.1 Å². The Hall–Kier alpha value is -1.20. The lowest BCUT2D eigenvalue weighted by molar-refractivity contribution is 0.0845. The SMILES string of the molecule is CCNCc1cnc(N(C)CCOC(C)C)cn1. The topological polar surface area (TPSA) is 50.3 Å². The number of nitrogens with zero attached hydrogens (tertiary/aromatic N) is 3. The highest BCUT2D eigenvalue weighted by Crippen LogP contribution is 2.06. The second-order valence-electron chi connectivity index (χ2n) is 4.49. The molecule has 1 aromatic rings. The average Bonchev–Trinajstić information content (AvgIpc) is 2.36. The molecule has 1 aromatic heterocycles. The maximum absolute atomic E-state index is 5.51. The molecule has 0 amide bonds. The summed E-state index contributed by atoms with van der Waals surface area (Å²) >= 11 is 0. The van der Waals surface area contributed by atoms with Crippen molar-refractivity contribution in [2.75, 3.05) is 31.6 Å². The van der Waals surface area contributed by atoms with E-state index in [1.165, 1.54) is 0 Å². The molecule has 0 atom stereocenters. The average molecular weight is 252 g/mol. The van der Waals surface area contributed by atoms with E-state index < -0.39 is 0 Å². The summed E-state index contributed by atoms with van der Waals surface area (Å²) in [6, 6.07) is 0. The van der Waals surface area contributed by atoms with Gasteiger partial charge in [0, 0.05) is 20.1 Å². The first-order chi connectivity index (χ1) is 8.63. The molecule has 0 saturated heterocycles. The number of likely N-dealkylation sites (N-methyl/N-ethyl adjacent to an activating group) is 1. The molecule has 0 aliphatic carbocycles. The fourth-order valence-electron chi connectivity index (χ4n) is 1.43. The van der Waals surface area contributed by atoms with Crippen molar-refractivity contribution in [3.8, 4) is 0 Å². The Kier molecular flexibility index (Phi) is 6.60. The van der Waals surface area contributed by atoms with Gasteiger partial charge in [0.25, 0.3) is 0 Å². The van der Waals surface area contributed by atoms with E-state index in [2.05, 4.69) is 22.2 Å². The fourth-order valence-corrected chi connectivity index (χ4v) is 1.43. The van der Waals surface area contributed by atoms with Crippen molar-refractivity contribution < 1.29 is 4.74 Å². The minimum Gasteiger partial charge on any atom is -0.377 e. The molecule has 0 unspecified atom stereocenters. The number of aromatic nitrogens is 2. The molecular weight excluding hydrogens is 228 g/mol. The van der Waals surface area contributed by atoms with Gasteiger partial charge in [-0.3, -0.25) is 4.98 Å². The van der Waals surface area contributed by atoms with E-state index in [-0.39, 0.29) is 6.10 Å². The van der Waals surface area contributed by atoms with Crippen LogP contribution in [0.1, 0.15) is 26.5 Å². The Bertz CT molecular complexity index is 326. The summed E-state index contributed by atoms with van der Waals surface area (Å²) in [5.74, 6) is 0.877. The zero-order valence-corrected chi connectivity index (χ0v) is 11.8. The van der Waals surface area contributed by atoms with Gasteiger partial charge in [0.1, 0.15) is 5.82 Å². The van der Waals surface area contributed by atoms with Gasteiger partial charge in [-0.15, -0.1) is 0 Å². The first-order valence-electron chi connectivity index (χ1n) is 6.47. The van der Waals surface area contributed by atoms with Crippen molar-refractivity contribution in [2.45, 2.75) is 33.4 Å². The Morgan fingerprint density at radius 3 is 2.67 bits per heavy atom. The van der Waals surface area contributed by atoms with Crippen molar-refractivity contribution in [3.05, 3.63) is 18.1 Å². The second kappa shape index (κ2) is 8.00. The summed E-state index contributed by atoms with van der Waals surface area (Å²) in [6.45, 7) is 9.38. The highest BCUT2D eigenvalue weighted by atomic mass is 16.5. The third kappa shape index (κ3) is 5.42. The van der Waals surface area contributed by atoms with Gasteiger partial charge in [0.15, 0.2) is 0 Å². The zero-order valence-electron chi connectivity index (χ0n) is 11.8. The lowest BCUT2D eigenvalue weighted by Gasteiger charge is -2.18. The molecule has 0 radical (unpaired) electrons. The van der Waals surface area contributed by atoms with Crippen LogP contribution in [0.3, 0.4) is 0 Å². The number of ether oxygens (including phenoxy) is 1. The van der Waals surface area contributed by atoms with Gasteiger partial charge in [-0.05, 0) is 20.4 Å². The van der Waals surface area contributed by atoms with Crippen LogP contribution in [0.15, 0.2) is 12.4 Å². The van der Waals surface area contributed by atoms with Gasteiger partial charge in [-0.25, -0.2) is 4.98 Å². The first-order valence-corrected chi connectivity index (χ1v) is 6.47. The molecule has 0 aromatic carbocycles. The maximum Gasteiger partial charge on any atom is 0.146 e. The predicted octanol–water partition coefficient (Wildman–Crippen LogP) is 1.45. The van der Waals surface area contributed by atoms with Crippen LogP contribution >= 0.6 is 0 Å². The number of nitrogens with one attached hydrogen (secondary N) is 1. The molecular formula is C13H24N4O. The van der Waals surface area contributed by atoms with Crippen molar-refractivity contribution in [1.82, 2.24) is 15.3 Å². The molecule has 1 heterocycles. The Balaban J connectivity index is 2.40. The molecule has 0 aliphatic heterocycles. The summed E-state index contributed by atoms with van der Waals surface area (Å²) in [7, 11) is 2.00. The Labute approximate surface area is 110 Å². The second-order valence-corrected chi connectivity index (χ2v) is 4.49. The maximum atomic E-state index is 5.51. The highest BCUT2D eigenvalue weighted by molar-refractivity contribution is 5.34. The highest BCUT2D eigenvalue weighted by Gasteiger charge is 2.04. The minimum atomic E-state index is 0.270. The molecule has 102 valence electrons. The van der Waals surface area contributed by atoms with Gasteiger partial charge in [-0.1, -0.05) is 6.92 Å². The van der Waals surface area contributed by atoms with Crippen molar-refractivity contribution in [3.63, 3.8) is 0 Å². The molecule has 5 heteroatoms. The summed E-state index contributed by atoms with van der Waals surface area (Å²) in [5, 5.41) is 3.22. The molecule has 1 rings (SSSR count). The number of hydrogen-bond acceptors (Lipinski definition) is 5. The van der Waals surface area contributed by atoms with E-state index >= 15 is 0 Å². The largest absolute Gasteiger partial charge is 0.377 e. The number of rotatable bonds is 8. The van der Waals surface area contributed by atoms with Gasteiger partial charge in [0.05, 0.1) is 30.8 Å². The van der Waals surface area contributed by atoms with Gasteiger partial charge < -0.3 is 15.0 Å². The summed E-state index contributed by atoms with van der Waals surface area (Å²) in [4.78, 5) is 10.8. The lowest BCUT2D eigenvalue weighted by Crippen LogP contribution is -2.25. The van der Waals surface area contributed by atoms with E-state index in [1.807, 2.05) is 38.2 Å². The van der Waals surface area contributed by atoms with Gasteiger partial charge in [0.2, 0.25) is 0 Å². The monoisotopic (exact) mass is 252 g/mol. The van der Waals surface area contributed by atoms with E-state index in [4.69, 9.17) is 4.74 Å². The number of anilines is 1. The first kappa shape index (κ1) is 14.9. The van der Waals surface area contributed by atoms with Crippen LogP contribution in [-0.4, -0.2) is 42.8 Å². The summed E-state index contributed by atoms with van der Waals surface area (Å²) in [5.41, 5.74) is 0.965. The van der Waals surface area contributed by atoms with Crippen molar-refractivity contribution in [1.29, 1.82) is 0 Å². The van der Waals surface area contributed by atoms with Crippen LogP contribution in [0.2, 0.25) is 0 Å². The molecule has 0 saturated carbocycles. The Morgan fingerprint density at radius 1 is 1.33 bits per heavy atom. The zero-order chi connectivity index (χ0) is 13.4. The normalized spacial score (nSPS) is 10.9. The minimum absolute atomic E-state index is 0.270. The van der Waals surface area contributed by atoms with E-state index in [0.29, 0.717) is 6.61 Å². The molecule has 0 spiro atoms. The molecule has 0 bridgehead atoms. The predicted molar refractivity (Wildman–Crippen MR) is 73.8 cm³/mol. The van der Waals surface area contributed by atoms with E-state index in [9.17, 15) is 0 Å². The van der Waals surface area contributed by atoms with E-state index in [1.54, 1.807) is 0 Å². The fraction of sp³-hybridized carbons (Fsp3) is 0.692. The smallest absolute Gasteiger partial charge is 0.146 e. The molecule has 1 N–H and O–H groups in total. The summed E-state index contributed by atoms with van der Waals surface area (Å²) < 4.78 is 5.51. The van der Waals surface area contributed by atoms with Gasteiger partial charge >= 0.3 is 0 Å². The van der Waals surface area contributed by atoms with Crippen LogP contribution in [0.4, 0.5) is 5.82 Å². The van der Waals surface area contributed by atoms with Crippen LogP contribution in [0.25, 0.3) is 0 Å². The molecule has 18 heavy (non-hydrogen) atoms.